The zero-order valence-electron chi connectivity index (χ0n) is 24.3. The Morgan fingerprint density at radius 3 is 2.55 bits per heavy atom. The van der Waals surface area contributed by atoms with E-state index in [4.69, 9.17) is 9.84 Å². The summed E-state index contributed by atoms with van der Waals surface area (Å²) >= 11 is 0. The van der Waals surface area contributed by atoms with Crippen molar-refractivity contribution in [2.45, 2.75) is 6.43 Å². The van der Waals surface area contributed by atoms with E-state index < -0.39 is 18.9 Å². The fraction of sp³-hybridized carbons (Fsp3) is 0.310. The first-order valence-electron chi connectivity index (χ1n) is 13.2. The first-order chi connectivity index (χ1) is 20.1. The molecule has 11 nitrogen and oxygen atoms in total. The summed E-state index contributed by atoms with van der Waals surface area (Å²) in [7, 11) is 9.56. The second-order valence-corrected chi connectivity index (χ2v) is 10.00. The summed E-state index contributed by atoms with van der Waals surface area (Å²) in [6.07, 6.45) is 0.0346. The fourth-order valence-electron chi connectivity index (χ4n) is 4.21. The van der Waals surface area contributed by atoms with E-state index in [1.807, 2.05) is 74.2 Å². The Morgan fingerprint density at radius 1 is 1.10 bits per heavy atom. The highest BCUT2D eigenvalue weighted by Gasteiger charge is 2.19. The molecule has 0 spiro atoms. The number of halogens is 2. The number of hydrogen-bond donors (Lipinski definition) is 2. The largest absolute Gasteiger partial charge is 0.485 e. The first-order valence-corrected chi connectivity index (χ1v) is 13.2. The number of benzene rings is 2. The highest BCUT2D eigenvalue weighted by atomic mass is 19.3. The molecule has 13 heteroatoms. The van der Waals surface area contributed by atoms with Crippen molar-refractivity contribution in [2.75, 3.05) is 75.4 Å². The highest BCUT2D eigenvalue weighted by Crippen LogP contribution is 2.38. The lowest BCUT2D eigenvalue weighted by molar-refractivity contribution is -0.111. The van der Waals surface area contributed by atoms with Crippen molar-refractivity contribution in [1.82, 2.24) is 24.6 Å². The molecule has 2 N–H and O–H groups in total. The van der Waals surface area contributed by atoms with Gasteiger partial charge in [0, 0.05) is 57.9 Å². The summed E-state index contributed by atoms with van der Waals surface area (Å²) in [6.45, 7) is 4.03. The number of fused-ring (bicyclic) bond motifs is 1. The van der Waals surface area contributed by atoms with E-state index in [0.29, 0.717) is 23.7 Å². The van der Waals surface area contributed by atoms with Crippen molar-refractivity contribution in [3.8, 4) is 11.6 Å². The molecule has 0 unspecified atom stereocenters. The lowest BCUT2D eigenvalue weighted by Crippen LogP contribution is -2.29. The number of carbonyl (C=O) groups excluding carboxylic acids is 1. The van der Waals surface area contributed by atoms with Crippen LogP contribution in [0.4, 0.5) is 37.6 Å². The summed E-state index contributed by atoms with van der Waals surface area (Å²) < 4.78 is 33.6. The van der Waals surface area contributed by atoms with E-state index >= 15 is 0 Å². The van der Waals surface area contributed by atoms with Crippen LogP contribution in [0.3, 0.4) is 0 Å². The van der Waals surface area contributed by atoms with Gasteiger partial charge in [0.05, 0.1) is 22.6 Å². The number of nitrogens with zero attached hydrogens (tertiary/aromatic N) is 7. The molecule has 4 aromatic rings. The average molecular weight is 580 g/mol. The molecule has 2 aromatic carbocycles. The molecule has 0 aliphatic carbocycles. The van der Waals surface area contributed by atoms with Crippen LogP contribution in [0, 0.1) is 0 Å². The van der Waals surface area contributed by atoms with Gasteiger partial charge in [0.25, 0.3) is 6.43 Å². The molecule has 2 heterocycles. The lowest BCUT2D eigenvalue weighted by atomic mass is 10.2. The van der Waals surface area contributed by atoms with Gasteiger partial charge in [-0.3, -0.25) is 4.79 Å². The molecule has 0 fully saturated rings. The van der Waals surface area contributed by atoms with Crippen molar-refractivity contribution in [2.24, 2.45) is 0 Å². The van der Waals surface area contributed by atoms with Crippen LogP contribution in [0.5, 0.6) is 5.75 Å². The molecule has 0 saturated carbocycles. The maximum absolute atomic E-state index is 13.2. The van der Waals surface area contributed by atoms with Crippen molar-refractivity contribution in [1.29, 1.82) is 0 Å². The van der Waals surface area contributed by atoms with Crippen LogP contribution in [-0.4, -0.2) is 91.9 Å². The zero-order valence-corrected chi connectivity index (χ0v) is 24.3. The van der Waals surface area contributed by atoms with Gasteiger partial charge in [0.15, 0.2) is 11.6 Å². The third-order valence-electron chi connectivity index (χ3n) is 6.30. The van der Waals surface area contributed by atoms with E-state index in [-0.39, 0.29) is 17.4 Å². The average Bonchev–Trinajstić information content (AvgIpc) is 3.35. The minimum atomic E-state index is -2.69. The number of amides is 1. The van der Waals surface area contributed by atoms with Crippen molar-refractivity contribution in [3.05, 3.63) is 61.3 Å². The van der Waals surface area contributed by atoms with E-state index in [2.05, 4.69) is 27.2 Å². The predicted molar refractivity (Wildman–Crippen MR) is 163 cm³/mol. The van der Waals surface area contributed by atoms with E-state index in [1.165, 1.54) is 0 Å². The third-order valence-corrected chi connectivity index (χ3v) is 6.30. The number of aromatic nitrogens is 4. The van der Waals surface area contributed by atoms with Crippen LogP contribution in [0.2, 0.25) is 0 Å². The second-order valence-electron chi connectivity index (χ2n) is 10.00. The summed E-state index contributed by atoms with van der Waals surface area (Å²) in [5.74, 6) is 1.16. The molecule has 0 bridgehead atoms. The summed E-state index contributed by atoms with van der Waals surface area (Å²) in [5.41, 5.74) is 2.15. The number of para-hydroxylation sites is 1. The van der Waals surface area contributed by atoms with Gasteiger partial charge in [-0.15, -0.1) is 5.10 Å². The standard InChI is InChI=1S/C29H35F2N9O2/c1-7-27(41)33-20-16-21(24(42-18-25(30)31)17-23(20)39(6)15-14-37(2)3)34-29-32-13-12-26(35-29)40-22-11-9-8-10-19(22)28(36-40)38(4)5/h7-13,16-17,25H,1,14-15,18H2,2-6H3,(H,33,41)(H,32,34,35). The number of rotatable bonds is 13. The topological polar surface area (TPSA) is 104 Å². The Labute approximate surface area is 243 Å². The van der Waals surface area contributed by atoms with Gasteiger partial charge in [0.1, 0.15) is 12.4 Å². The Balaban J connectivity index is 1.76. The van der Waals surface area contributed by atoms with E-state index in [0.717, 1.165) is 29.3 Å². The van der Waals surface area contributed by atoms with Crippen LogP contribution < -0.4 is 25.2 Å². The molecular weight excluding hydrogens is 544 g/mol. The van der Waals surface area contributed by atoms with Gasteiger partial charge < -0.3 is 30.1 Å². The molecule has 0 atom stereocenters. The molecule has 0 radical (unpaired) electrons. The predicted octanol–water partition coefficient (Wildman–Crippen LogP) is 4.39. The zero-order chi connectivity index (χ0) is 30.4. The monoisotopic (exact) mass is 579 g/mol. The second kappa shape index (κ2) is 13.3. The third kappa shape index (κ3) is 7.10. The number of ether oxygens (including phenoxy) is 1. The van der Waals surface area contributed by atoms with Crippen molar-refractivity contribution < 1.29 is 18.3 Å². The van der Waals surface area contributed by atoms with Crippen molar-refractivity contribution in [3.63, 3.8) is 0 Å². The molecule has 222 valence electrons. The van der Waals surface area contributed by atoms with Gasteiger partial charge in [-0.1, -0.05) is 18.7 Å². The smallest absolute Gasteiger partial charge is 0.272 e. The molecular formula is C29H35F2N9O2. The SMILES string of the molecule is C=CC(=O)Nc1cc(Nc2nccc(-n3nc(N(C)C)c4ccccc43)n2)c(OCC(F)F)cc1N(C)CCN(C)C. The summed E-state index contributed by atoms with van der Waals surface area (Å²) in [5, 5.41) is 11.6. The molecule has 0 saturated heterocycles. The van der Waals surface area contributed by atoms with Crippen LogP contribution in [-0.2, 0) is 4.79 Å². The Bertz CT molecular complexity index is 1560. The minimum Gasteiger partial charge on any atom is -0.485 e. The van der Waals surface area contributed by atoms with Crippen molar-refractivity contribution >= 4 is 45.6 Å². The van der Waals surface area contributed by atoms with Gasteiger partial charge in [0.2, 0.25) is 11.9 Å². The molecule has 42 heavy (non-hydrogen) atoms. The molecule has 0 aliphatic heterocycles. The Morgan fingerprint density at radius 2 is 1.86 bits per heavy atom. The molecule has 4 rings (SSSR count). The van der Waals surface area contributed by atoms with E-state index in [1.54, 1.807) is 29.1 Å². The van der Waals surface area contributed by atoms with Gasteiger partial charge >= 0.3 is 0 Å². The maximum atomic E-state index is 13.2. The number of nitrogens with one attached hydrogen (secondary N) is 2. The number of alkyl halides is 2. The Kier molecular flexibility index (Phi) is 9.53. The minimum absolute atomic E-state index is 0.145. The molecule has 2 aromatic heterocycles. The normalized spacial score (nSPS) is 11.2. The summed E-state index contributed by atoms with van der Waals surface area (Å²) in [4.78, 5) is 27.1. The highest BCUT2D eigenvalue weighted by molar-refractivity contribution is 6.02. The van der Waals surface area contributed by atoms with Gasteiger partial charge in [-0.2, -0.15) is 4.98 Å². The Hall–Kier alpha value is -4.78. The van der Waals surface area contributed by atoms with Crippen LogP contribution >= 0.6 is 0 Å². The number of hydrogen-bond acceptors (Lipinski definition) is 9. The number of carbonyl (C=O) groups is 1. The quantitative estimate of drug-likeness (QED) is 0.223. The molecule has 1 amide bonds. The van der Waals surface area contributed by atoms with Gasteiger partial charge in [-0.05, 0) is 38.4 Å². The van der Waals surface area contributed by atoms with Crippen LogP contribution in [0.15, 0.2) is 61.3 Å². The summed E-state index contributed by atoms with van der Waals surface area (Å²) in [6, 6.07) is 12.7. The number of likely N-dealkylation sites (N-methyl/N-ethyl adjacent to an activating group) is 2. The maximum Gasteiger partial charge on any atom is 0.272 e. The van der Waals surface area contributed by atoms with Gasteiger partial charge in [-0.25, -0.2) is 18.4 Å². The lowest BCUT2D eigenvalue weighted by Gasteiger charge is -2.26. The number of anilines is 5. The molecule has 0 aliphatic rings. The van der Waals surface area contributed by atoms with Crippen LogP contribution in [0.1, 0.15) is 0 Å². The fourth-order valence-corrected chi connectivity index (χ4v) is 4.21. The van der Waals surface area contributed by atoms with E-state index in [9.17, 15) is 13.6 Å². The first kappa shape index (κ1) is 30.2. The van der Waals surface area contributed by atoms with Crippen LogP contribution in [0.25, 0.3) is 16.7 Å².